The Morgan fingerprint density at radius 3 is 2.11 bits per heavy atom. The molecule has 19 heavy (non-hydrogen) atoms. The Labute approximate surface area is 117 Å². The van der Waals surface area contributed by atoms with Gasteiger partial charge in [0.1, 0.15) is 5.75 Å². The fraction of sp³-hybridized carbons (Fsp3) is 0.647. The van der Waals surface area contributed by atoms with Crippen molar-refractivity contribution in [2.75, 3.05) is 7.11 Å². The van der Waals surface area contributed by atoms with E-state index < -0.39 is 5.60 Å². The van der Waals surface area contributed by atoms with E-state index in [4.69, 9.17) is 4.74 Å². The van der Waals surface area contributed by atoms with E-state index in [1.807, 2.05) is 13.8 Å². The Balaban J connectivity index is 3.20. The molecule has 0 heterocycles. The lowest BCUT2D eigenvalue weighted by atomic mass is 9.83. The minimum absolute atomic E-state index is 0.0564. The first-order valence-corrected chi connectivity index (χ1v) is 6.95. The molecule has 2 nitrogen and oxygen atoms in total. The van der Waals surface area contributed by atoms with Crippen LogP contribution in [0.25, 0.3) is 0 Å². The molecule has 0 atom stereocenters. The van der Waals surface area contributed by atoms with Gasteiger partial charge in [-0.25, -0.2) is 0 Å². The molecule has 1 rings (SSSR count). The summed E-state index contributed by atoms with van der Waals surface area (Å²) in [4.78, 5) is 0. The maximum absolute atomic E-state index is 9.90. The summed E-state index contributed by atoms with van der Waals surface area (Å²) >= 11 is 0. The molecule has 0 aromatic heterocycles. The number of methoxy groups -OCH3 is 1. The van der Waals surface area contributed by atoms with Gasteiger partial charge >= 0.3 is 0 Å². The van der Waals surface area contributed by atoms with E-state index in [0.29, 0.717) is 0 Å². The van der Waals surface area contributed by atoms with Crippen LogP contribution in [0.15, 0.2) is 12.1 Å². The third-order valence-electron chi connectivity index (χ3n) is 3.33. The second-order valence-electron chi connectivity index (χ2n) is 7.07. The zero-order chi connectivity index (χ0) is 14.8. The number of benzene rings is 1. The number of aliphatic hydroxyl groups is 1. The van der Waals surface area contributed by atoms with Crippen molar-refractivity contribution >= 4 is 0 Å². The minimum atomic E-state index is -0.642. The van der Waals surface area contributed by atoms with Crippen LogP contribution >= 0.6 is 0 Å². The SMILES string of the molecule is COc1c(CCC(C)(C)O)cc(C)cc1C(C)(C)C. The summed E-state index contributed by atoms with van der Waals surface area (Å²) in [6.07, 6.45) is 1.56. The Morgan fingerprint density at radius 1 is 1.11 bits per heavy atom. The molecule has 0 fully saturated rings. The Kier molecular flexibility index (Phi) is 4.67. The summed E-state index contributed by atoms with van der Waals surface area (Å²) < 4.78 is 5.64. The third kappa shape index (κ3) is 4.54. The summed E-state index contributed by atoms with van der Waals surface area (Å²) in [6, 6.07) is 4.37. The second kappa shape index (κ2) is 5.54. The highest BCUT2D eigenvalue weighted by Gasteiger charge is 2.22. The predicted molar refractivity (Wildman–Crippen MR) is 81.0 cm³/mol. The molecule has 0 unspecified atom stereocenters. The molecule has 1 aromatic carbocycles. The number of ether oxygens (including phenoxy) is 1. The number of aryl methyl sites for hydroxylation is 2. The van der Waals surface area contributed by atoms with Crippen LogP contribution in [-0.2, 0) is 11.8 Å². The first-order valence-electron chi connectivity index (χ1n) is 6.95. The van der Waals surface area contributed by atoms with Crippen LogP contribution in [0.2, 0.25) is 0 Å². The molecule has 0 aliphatic rings. The normalized spacial score (nSPS) is 12.6. The molecular weight excluding hydrogens is 236 g/mol. The van der Waals surface area contributed by atoms with Crippen molar-refractivity contribution < 1.29 is 9.84 Å². The first-order chi connectivity index (χ1) is 8.54. The lowest BCUT2D eigenvalue weighted by Gasteiger charge is -2.26. The Hall–Kier alpha value is -1.02. The number of hydrogen-bond acceptors (Lipinski definition) is 2. The van der Waals surface area contributed by atoms with Crippen molar-refractivity contribution in [2.45, 2.75) is 65.4 Å². The molecule has 0 radical (unpaired) electrons. The quantitative estimate of drug-likeness (QED) is 0.890. The van der Waals surface area contributed by atoms with Gasteiger partial charge < -0.3 is 9.84 Å². The molecule has 0 amide bonds. The summed E-state index contributed by atoms with van der Waals surface area (Å²) in [6.45, 7) is 12.4. The van der Waals surface area contributed by atoms with E-state index in [2.05, 4.69) is 39.8 Å². The molecule has 0 spiro atoms. The lowest BCUT2D eigenvalue weighted by Crippen LogP contribution is -2.20. The van der Waals surface area contributed by atoms with Crippen molar-refractivity contribution in [3.63, 3.8) is 0 Å². The number of hydrogen-bond donors (Lipinski definition) is 1. The highest BCUT2D eigenvalue weighted by Crippen LogP contribution is 2.36. The molecule has 1 aromatic rings. The van der Waals surface area contributed by atoms with Crippen molar-refractivity contribution in [1.82, 2.24) is 0 Å². The maximum atomic E-state index is 9.90. The average molecular weight is 264 g/mol. The van der Waals surface area contributed by atoms with E-state index in [0.717, 1.165) is 18.6 Å². The van der Waals surface area contributed by atoms with Gasteiger partial charge in [0.05, 0.1) is 12.7 Å². The van der Waals surface area contributed by atoms with Gasteiger partial charge in [0.15, 0.2) is 0 Å². The maximum Gasteiger partial charge on any atom is 0.125 e. The molecule has 0 bridgehead atoms. The second-order valence-corrected chi connectivity index (χ2v) is 7.07. The van der Waals surface area contributed by atoms with Crippen molar-refractivity contribution in [3.8, 4) is 5.75 Å². The summed E-state index contributed by atoms with van der Waals surface area (Å²) in [5.74, 6) is 0.974. The van der Waals surface area contributed by atoms with Gasteiger partial charge in [-0.15, -0.1) is 0 Å². The smallest absolute Gasteiger partial charge is 0.125 e. The monoisotopic (exact) mass is 264 g/mol. The molecule has 0 saturated carbocycles. The lowest BCUT2D eigenvalue weighted by molar-refractivity contribution is 0.0712. The number of rotatable bonds is 4. The zero-order valence-corrected chi connectivity index (χ0v) is 13.4. The summed E-state index contributed by atoms with van der Waals surface area (Å²) in [5.41, 5.74) is 3.09. The van der Waals surface area contributed by atoms with Crippen LogP contribution in [0.1, 0.15) is 57.7 Å². The van der Waals surface area contributed by atoms with E-state index in [9.17, 15) is 5.11 Å². The third-order valence-corrected chi connectivity index (χ3v) is 3.33. The largest absolute Gasteiger partial charge is 0.496 e. The van der Waals surface area contributed by atoms with Gasteiger partial charge in [0, 0.05) is 5.56 Å². The summed E-state index contributed by atoms with van der Waals surface area (Å²) in [5, 5.41) is 9.90. The molecule has 108 valence electrons. The fourth-order valence-electron chi connectivity index (χ4n) is 2.27. The molecule has 2 heteroatoms. The van der Waals surface area contributed by atoms with Crippen molar-refractivity contribution in [2.24, 2.45) is 0 Å². The van der Waals surface area contributed by atoms with Crippen LogP contribution in [0, 0.1) is 6.92 Å². The first kappa shape index (κ1) is 16.0. The van der Waals surface area contributed by atoms with Crippen molar-refractivity contribution in [3.05, 3.63) is 28.8 Å². The van der Waals surface area contributed by atoms with Gasteiger partial charge in [0.2, 0.25) is 0 Å². The Morgan fingerprint density at radius 2 is 1.68 bits per heavy atom. The van der Waals surface area contributed by atoms with Gasteiger partial charge in [-0.2, -0.15) is 0 Å². The zero-order valence-electron chi connectivity index (χ0n) is 13.4. The summed E-state index contributed by atoms with van der Waals surface area (Å²) in [7, 11) is 1.73. The van der Waals surface area contributed by atoms with Gasteiger partial charge in [-0.1, -0.05) is 38.5 Å². The highest BCUT2D eigenvalue weighted by molar-refractivity contribution is 5.48. The van der Waals surface area contributed by atoms with Crippen molar-refractivity contribution in [1.29, 1.82) is 0 Å². The molecule has 1 N–H and O–H groups in total. The van der Waals surface area contributed by atoms with Gasteiger partial charge in [0.25, 0.3) is 0 Å². The van der Waals surface area contributed by atoms with Gasteiger partial charge in [-0.3, -0.25) is 0 Å². The highest BCUT2D eigenvalue weighted by atomic mass is 16.5. The molecule has 0 saturated heterocycles. The van der Waals surface area contributed by atoms with E-state index in [1.54, 1.807) is 7.11 Å². The minimum Gasteiger partial charge on any atom is -0.496 e. The standard InChI is InChI=1S/C17H28O2/c1-12-10-13(8-9-17(5,6)18)15(19-7)14(11-12)16(2,3)4/h10-11,18H,8-9H2,1-7H3. The van der Waals surface area contributed by atoms with Crippen LogP contribution in [-0.4, -0.2) is 17.8 Å². The fourth-order valence-corrected chi connectivity index (χ4v) is 2.27. The molecular formula is C17H28O2. The average Bonchev–Trinajstić information content (AvgIpc) is 2.23. The van der Waals surface area contributed by atoms with Crippen LogP contribution in [0.5, 0.6) is 5.75 Å². The molecule has 0 aliphatic carbocycles. The van der Waals surface area contributed by atoms with Crippen LogP contribution < -0.4 is 4.74 Å². The molecule has 0 aliphatic heterocycles. The topological polar surface area (TPSA) is 29.5 Å². The van der Waals surface area contributed by atoms with E-state index in [-0.39, 0.29) is 5.41 Å². The van der Waals surface area contributed by atoms with E-state index >= 15 is 0 Å². The van der Waals surface area contributed by atoms with Gasteiger partial charge in [-0.05, 0) is 44.6 Å². The van der Waals surface area contributed by atoms with Crippen LogP contribution in [0.4, 0.5) is 0 Å². The van der Waals surface area contributed by atoms with E-state index in [1.165, 1.54) is 16.7 Å². The predicted octanol–water partition coefficient (Wildman–Crippen LogP) is 4.00. The Bertz CT molecular complexity index is 434. The van der Waals surface area contributed by atoms with Crippen LogP contribution in [0.3, 0.4) is 0 Å².